The quantitative estimate of drug-likeness (QED) is 0.0156. The molecule has 3 atom stereocenters. The van der Waals surface area contributed by atoms with Crippen LogP contribution in [0.25, 0.3) is 0 Å². The second-order valence-electron chi connectivity index (χ2n) is 20.8. The van der Waals surface area contributed by atoms with E-state index in [1.54, 1.807) is 0 Å². The van der Waals surface area contributed by atoms with Gasteiger partial charge in [-0.1, -0.05) is 217 Å². The highest BCUT2D eigenvalue weighted by molar-refractivity contribution is 7.47. The summed E-state index contributed by atoms with van der Waals surface area (Å²) >= 11 is 0. The summed E-state index contributed by atoms with van der Waals surface area (Å²) in [5.74, 6) is -0.520. The number of amides is 1. The number of rotatable bonds is 52. The van der Waals surface area contributed by atoms with E-state index in [1.807, 2.05) is 33.3 Å². The lowest BCUT2D eigenvalue weighted by Crippen LogP contribution is -2.47. The molecule has 10 heteroatoms. The van der Waals surface area contributed by atoms with E-state index in [1.165, 1.54) is 154 Å². The summed E-state index contributed by atoms with van der Waals surface area (Å²) in [5, 5.41) is 3.04. The average molecular weight is 993 g/mol. The first-order valence-corrected chi connectivity index (χ1v) is 30.5. The summed E-state index contributed by atoms with van der Waals surface area (Å²) in [6.07, 6.45) is 59.5. The molecule has 0 rings (SSSR count). The van der Waals surface area contributed by atoms with Crippen molar-refractivity contribution in [2.45, 2.75) is 277 Å². The van der Waals surface area contributed by atoms with Crippen molar-refractivity contribution in [1.82, 2.24) is 5.32 Å². The fourth-order valence-electron chi connectivity index (χ4n) is 8.22. The van der Waals surface area contributed by atoms with E-state index < -0.39 is 20.0 Å². The van der Waals surface area contributed by atoms with Crippen molar-refractivity contribution in [1.29, 1.82) is 0 Å². The van der Waals surface area contributed by atoms with Crippen LogP contribution >= 0.6 is 7.82 Å². The molecule has 0 radical (unpaired) electrons. The molecule has 0 aromatic rings. The fraction of sp³-hybridized carbons (Fsp3) is 0.831. The fourth-order valence-corrected chi connectivity index (χ4v) is 8.95. The minimum atomic E-state index is -4.45. The predicted octanol–water partition coefficient (Wildman–Crippen LogP) is 17.3. The number of likely N-dealkylation sites (N-methyl/N-ethyl adjacent to an activating group) is 1. The first-order valence-electron chi connectivity index (χ1n) is 29.0. The van der Waals surface area contributed by atoms with Gasteiger partial charge >= 0.3 is 13.8 Å². The highest BCUT2D eigenvalue weighted by atomic mass is 31.2. The zero-order chi connectivity index (χ0) is 50.8. The van der Waals surface area contributed by atoms with Gasteiger partial charge < -0.3 is 19.4 Å². The Morgan fingerprint density at radius 2 is 0.884 bits per heavy atom. The summed E-state index contributed by atoms with van der Waals surface area (Å²) in [6.45, 7) is 6.97. The molecule has 0 saturated heterocycles. The Labute approximate surface area is 427 Å². The number of phosphoric acid groups is 1. The van der Waals surface area contributed by atoms with Crippen molar-refractivity contribution in [2.75, 3.05) is 40.9 Å². The number of ether oxygens (including phenoxy) is 1. The van der Waals surface area contributed by atoms with Gasteiger partial charge in [0.15, 0.2) is 0 Å². The smallest absolute Gasteiger partial charge is 0.456 e. The third kappa shape index (κ3) is 50.7. The Kier molecular flexibility index (Phi) is 48.1. The molecule has 0 fully saturated rings. The molecule has 0 aliphatic heterocycles. The van der Waals surface area contributed by atoms with Gasteiger partial charge in [0, 0.05) is 12.8 Å². The summed E-state index contributed by atoms with van der Waals surface area (Å²) in [7, 11) is 1.49. The van der Waals surface area contributed by atoms with E-state index in [-0.39, 0.29) is 31.5 Å². The van der Waals surface area contributed by atoms with Gasteiger partial charge in [0.25, 0.3) is 0 Å². The third-order valence-corrected chi connectivity index (χ3v) is 13.8. The van der Waals surface area contributed by atoms with Crippen LogP contribution in [0.2, 0.25) is 0 Å². The second kappa shape index (κ2) is 49.5. The maximum absolute atomic E-state index is 13.5. The van der Waals surface area contributed by atoms with Gasteiger partial charge in [-0.25, -0.2) is 4.57 Å². The first kappa shape index (κ1) is 67.0. The number of nitrogens with zero attached hydrogens (tertiary/aromatic N) is 1. The van der Waals surface area contributed by atoms with E-state index in [0.29, 0.717) is 17.4 Å². The summed E-state index contributed by atoms with van der Waals surface area (Å²) in [6, 6.07) is -0.854. The van der Waals surface area contributed by atoms with E-state index in [4.69, 9.17) is 13.8 Å². The zero-order valence-electron chi connectivity index (χ0n) is 46.1. The number of carbonyl (C=O) groups is 2. The van der Waals surface area contributed by atoms with Crippen LogP contribution in [0.3, 0.4) is 0 Å². The van der Waals surface area contributed by atoms with E-state index in [2.05, 4.69) is 62.5 Å². The molecule has 2 N–H and O–H groups in total. The van der Waals surface area contributed by atoms with Gasteiger partial charge in [-0.2, -0.15) is 0 Å². The zero-order valence-corrected chi connectivity index (χ0v) is 47.0. The summed E-state index contributed by atoms with van der Waals surface area (Å²) < 4.78 is 30.6. The molecule has 69 heavy (non-hydrogen) atoms. The Hall–Kier alpha value is -2.03. The van der Waals surface area contributed by atoms with Crippen LogP contribution in [-0.2, 0) is 27.9 Å². The number of nitrogens with one attached hydrogen (secondary N) is 1. The van der Waals surface area contributed by atoms with E-state index in [9.17, 15) is 19.0 Å². The molecule has 0 aliphatic rings. The number of hydrogen-bond donors (Lipinski definition) is 2. The highest BCUT2D eigenvalue weighted by Crippen LogP contribution is 2.43. The largest absolute Gasteiger partial charge is 0.472 e. The van der Waals surface area contributed by atoms with Crippen LogP contribution in [0.1, 0.15) is 265 Å². The Balaban J connectivity index is 5.32. The minimum Gasteiger partial charge on any atom is -0.456 e. The van der Waals surface area contributed by atoms with Crippen LogP contribution in [0.15, 0.2) is 48.6 Å². The maximum atomic E-state index is 13.5. The lowest BCUT2D eigenvalue weighted by Gasteiger charge is -2.27. The van der Waals surface area contributed by atoms with Crippen LogP contribution in [-0.4, -0.2) is 74.3 Å². The highest BCUT2D eigenvalue weighted by Gasteiger charge is 2.30. The molecule has 9 nitrogen and oxygen atoms in total. The second-order valence-corrected chi connectivity index (χ2v) is 22.3. The van der Waals surface area contributed by atoms with Crippen molar-refractivity contribution in [3.8, 4) is 0 Å². The van der Waals surface area contributed by atoms with Gasteiger partial charge in [0.1, 0.15) is 19.3 Å². The van der Waals surface area contributed by atoms with Crippen LogP contribution in [0.4, 0.5) is 0 Å². The van der Waals surface area contributed by atoms with Gasteiger partial charge in [0.05, 0.1) is 33.8 Å². The molecule has 0 spiro atoms. The van der Waals surface area contributed by atoms with Gasteiger partial charge in [0.2, 0.25) is 5.91 Å². The molecular formula is C59H112N2O7P+. The van der Waals surface area contributed by atoms with Crippen molar-refractivity contribution in [3.05, 3.63) is 48.6 Å². The lowest BCUT2D eigenvalue weighted by atomic mass is 10.1. The molecular weight excluding hydrogens is 880 g/mol. The maximum Gasteiger partial charge on any atom is 0.472 e. The van der Waals surface area contributed by atoms with Crippen molar-refractivity contribution in [2.24, 2.45) is 0 Å². The number of quaternary nitrogens is 1. The normalized spacial score (nSPS) is 14.1. The number of allylic oxidation sites excluding steroid dienone is 7. The standard InChI is InChI=1S/C59H111N2O7P/c1-7-10-13-16-19-22-25-27-29-30-32-34-37-40-43-46-49-52-59(63)68-57(50-47-44-41-38-35-24-21-18-15-12-9-3)56(55-67-69(64,65)66-54-53-61(4,5)6)60-58(62)51-48-45-42-39-36-33-31-28-26-23-20-17-14-11-8-2/h20,23,26-29,47,50,56-57H,7-19,21-22,24-25,30-46,48-49,51-55H2,1-6H3,(H-,60,62,64,65)/p+1/b23-20+,28-26+,29-27+,50-47+. The van der Waals surface area contributed by atoms with Gasteiger partial charge in [-0.3, -0.25) is 18.6 Å². The molecule has 0 aromatic heterocycles. The van der Waals surface area contributed by atoms with Crippen molar-refractivity contribution >= 4 is 19.7 Å². The average Bonchev–Trinajstić information content (AvgIpc) is 3.31. The van der Waals surface area contributed by atoms with E-state index >= 15 is 0 Å². The molecule has 404 valence electrons. The summed E-state index contributed by atoms with van der Waals surface area (Å²) in [4.78, 5) is 37.6. The molecule has 0 aromatic carbocycles. The Morgan fingerprint density at radius 3 is 1.35 bits per heavy atom. The minimum absolute atomic E-state index is 0.0370. The molecule has 0 bridgehead atoms. The van der Waals surface area contributed by atoms with Gasteiger partial charge in [-0.15, -0.1) is 0 Å². The van der Waals surface area contributed by atoms with Crippen molar-refractivity contribution in [3.63, 3.8) is 0 Å². The number of unbranched alkanes of at least 4 members (excludes halogenated alkanes) is 31. The molecule has 0 saturated carbocycles. The third-order valence-electron chi connectivity index (χ3n) is 12.8. The number of phosphoric ester groups is 1. The SMILES string of the molecule is CCCCC/C=C/C=C/CCCCCCCCC(=O)NC(COP(=O)(O)OCC[N+](C)(C)C)C(/C=C/CCCCCCCCCCC)OC(=O)CCCCCCCCC/C=C/CCCCCCCC. The molecule has 0 aliphatic carbocycles. The summed E-state index contributed by atoms with van der Waals surface area (Å²) in [5.41, 5.74) is 0. The Morgan fingerprint density at radius 1 is 0.507 bits per heavy atom. The van der Waals surface area contributed by atoms with Crippen molar-refractivity contribution < 1.29 is 37.3 Å². The van der Waals surface area contributed by atoms with E-state index in [0.717, 1.165) is 77.0 Å². The first-order chi connectivity index (χ1) is 33.4. The molecule has 1 amide bonds. The predicted molar refractivity (Wildman–Crippen MR) is 295 cm³/mol. The van der Waals surface area contributed by atoms with Crippen LogP contribution < -0.4 is 5.32 Å². The Bertz CT molecular complexity index is 1330. The number of esters is 1. The molecule has 3 unspecified atom stereocenters. The number of hydrogen-bond acceptors (Lipinski definition) is 6. The van der Waals surface area contributed by atoms with Crippen LogP contribution in [0.5, 0.6) is 0 Å². The van der Waals surface area contributed by atoms with Crippen LogP contribution in [0, 0.1) is 0 Å². The topological polar surface area (TPSA) is 111 Å². The molecule has 0 heterocycles. The monoisotopic (exact) mass is 992 g/mol. The lowest BCUT2D eigenvalue weighted by molar-refractivity contribution is -0.870. The van der Waals surface area contributed by atoms with Gasteiger partial charge in [-0.05, 0) is 83.1 Å². The number of carbonyl (C=O) groups excluding carboxylic acids is 2.